The molecule has 86 valence electrons. The third kappa shape index (κ3) is 4.64. The van der Waals surface area contributed by atoms with Crippen LogP contribution in [0.4, 0.5) is 4.79 Å². The lowest BCUT2D eigenvalue weighted by atomic mass is 9.99. The quantitative estimate of drug-likeness (QED) is 0.535. The van der Waals surface area contributed by atoms with Crippen molar-refractivity contribution in [3.8, 4) is 0 Å². The number of piperidine rings is 1. The summed E-state index contributed by atoms with van der Waals surface area (Å²) in [5, 5.41) is 5.85. The van der Waals surface area contributed by atoms with E-state index in [0.717, 1.165) is 25.9 Å². The van der Waals surface area contributed by atoms with Crippen LogP contribution in [0.3, 0.4) is 0 Å². The van der Waals surface area contributed by atoms with Crippen LogP contribution in [0.15, 0.2) is 0 Å². The van der Waals surface area contributed by atoms with Crippen LogP contribution in [-0.4, -0.2) is 38.2 Å². The van der Waals surface area contributed by atoms with Crippen LogP contribution in [0.1, 0.15) is 12.8 Å². The van der Waals surface area contributed by atoms with Gasteiger partial charge in [0.2, 0.25) is 5.91 Å². The first kappa shape index (κ1) is 11.8. The molecule has 1 rings (SSSR count). The second-order valence-corrected chi connectivity index (χ2v) is 3.50. The van der Waals surface area contributed by atoms with Crippen molar-refractivity contribution in [3.63, 3.8) is 0 Å². The second-order valence-electron chi connectivity index (χ2n) is 3.50. The molecule has 6 heteroatoms. The van der Waals surface area contributed by atoms with Crippen molar-refractivity contribution in [2.45, 2.75) is 12.8 Å². The van der Waals surface area contributed by atoms with Crippen LogP contribution in [0.5, 0.6) is 0 Å². The number of rotatable bonds is 4. The van der Waals surface area contributed by atoms with Crippen LogP contribution >= 0.6 is 0 Å². The Morgan fingerprint density at radius 2 is 2.33 bits per heavy atom. The van der Waals surface area contributed by atoms with Gasteiger partial charge in [0.25, 0.3) is 0 Å². The summed E-state index contributed by atoms with van der Waals surface area (Å²) >= 11 is 0. The van der Waals surface area contributed by atoms with Gasteiger partial charge in [-0.3, -0.25) is 4.79 Å². The monoisotopic (exact) mass is 215 g/mol. The Kier molecular flexibility index (Phi) is 4.89. The lowest BCUT2D eigenvalue weighted by molar-refractivity contribution is -0.125. The molecular weight excluding hydrogens is 198 g/mol. The van der Waals surface area contributed by atoms with Crippen LogP contribution in [0, 0.1) is 5.92 Å². The minimum Gasteiger partial charge on any atom is -0.448 e. The second kappa shape index (κ2) is 6.23. The molecule has 0 saturated carbocycles. The highest BCUT2D eigenvalue weighted by atomic mass is 16.5. The number of nitrogens with two attached hydrogens (primary N) is 1. The molecule has 0 aromatic rings. The first-order chi connectivity index (χ1) is 7.20. The number of primary amides is 1. The van der Waals surface area contributed by atoms with E-state index in [9.17, 15) is 9.59 Å². The number of carbonyl (C=O) groups excluding carboxylic acids is 2. The van der Waals surface area contributed by atoms with Crippen molar-refractivity contribution >= 4 is 12.0 Å². The molecule has 6 nitrogen and oxygen atoms in total. The summed E-state index contributed by atoms with van der Waals surface area (Å²) in [6.45, 7) is 2.15. The Hall–Kier alpha value is -1.30. The van der Waals surface area contributed by atoms with E-state index in [2.05, 4.69) is 15.4 Å². The summed E-state index contributed by atoms with van der Waals surface area (Å²) in [4.78, 5) is 21.7. The zero-order chi connectivity index (χ0) is 11.1. The zero-order valence-electron chi connectivity index (χ0n) is 8.62. The maximum atomic E-state index is 11.5. The average molecular weight is 215 g/mol. The molecule has 0 spiro atoms. The molecule has 1 heterocycles. The summed E-state index contributed by atoms with van der Waals surface area (Å²) in [7, 11) is 0. The van der Waals surface area contributed by atoms with E-state index < -0.39 is 6.09 Å². The fourth-order valence-corrected chi connectivity index (χ4v) is 1.55. The Bertz CT molecular complexity index is 227. The maximum Gasteiger partial charge on any atom is 0.404 e. The molecule has 0 unspecified atom stereocenters. The standard InChI is InChI=1S/C9H17N3O3/c10-9(14)15-5-4-12-8(13)7-2-1-3-11-6-7/h7,11H,1-6H2,(H2,10,14)(H,12,13)/t7-/m0/s1. The normalized spacial score (nSPS) is 20.7. The van der Waals surface area contributed by atoms with Gasteiger partial charge in [-0.15, -0.1) is 0 Å². The minimum absolute atomic E-state index is 0.00951. The number of nitrogens with one attached hydrogen (secondary N) is 2. The van der Waals surface area contributed by atoms with E-state index in [1.807, 2.05) is 0 Å². The smallest absolute Gasteiger partial charge is 0.404 e. The molecule has 1 atom stereocenters. The maximum absolute atomic E-state index is 11.5. The lowest BCUT2D eigenvalue weighted by Crippen LogP contribution is -2.41. The predicted molar refractivity (Wildman–Crippen MR) is 54.1 cm³/mol. The predicted octanol–water partition coefficient (Wildman–Crippen LogP) is -0.802. The van der Waals surface area contributed by atoms with Gasteiger partial charge in [-0.25, -0.2) is 4.79 Å². The number of amides is 2. The molecule has 0 aliphatic carbocycles. The Morgan fingerprint density at radius 1 is 1.53 bits per heavy atom. The van der Waals surface area contributed by atoms with Crippen molar-refractivity contribution in [2.75, 3.05) is 26.2 Å². The first-order valence-corrected chi connectivity index (χ1v) is 5.11. The molecule has 15 heavy (non-hydrogen) atoms. The van der Waals surface area contributed by atoms with Gasteiger partial charge in [0.05, 0.1) is 12.5 Å². The van der Waals surface area contributed by atoms with E-state index in [-0.39, 0.29) is 18.4 Å². The van der Waals surface area contributed by atoms with Crippen LogP contribution in [0.2, 0.25) is 0 Å². The molecule has 4 N–H and O–H groups in total. The van der Waals surface area contributed by atoms with Crippen molar-refractivity contribution in [3.05, 3.63) is 0 Å². The van der Waals surface area contributed by atoms with Crippen molar-refractivity contribution in [1.29, 1.82) is 0 Å². The number of hydrogen-bond donors (Lipinski definition) is 3. The Labute approximate surface area is 88.5 Å². The number of ether oxygens (including phenoxy) is 1. The summed E-state index contributed by atoms with van der Waals surface area (Å²) < 4.78 is 4.49. The van der Waals surface area contributed by atoms with Gasteiger partial charge in [0.1, 0.15) is 6.61 Å². The number of hydrogen-bond acceptors (Lipinski definition) is 4. The minimum atomic E-state index is -0.816. The molecular formula is C9H17N3O3. The van der Waals surface area contributed by atoms with E-state index in [4.69, 9.17) is 5.73 Å². The summed E-state index contributed by atoms with van der Waals surface area (Å²) in [6, 6.07) is 0. The summed E-state index contributed by atoms with van der Waals surface area (Å²) in [6.07, 6.45) is 1.12. The number of carbonyl (C=O) groups is 2. The largest absolute Gasteiger partial charge is 0.448 e. The molecule has 0 radical (unpaired) electrons. The fraction of sp³-hybridized carbons (Fsp3) is 0.778. The van der Waals surface area contributed by atoms with E-state index in [1.165, 1.54) is 0 Å². The highest BCUT2D eigenvalue weighted by molar-refractivity contribution is 5.78. The van der Waals surface area contributed by atoms with Gasteiger partial charge < -0.3 is 21.1 Å². The van der Waals surface area contributed by atoms with Crippen LogP contribution in [-0.2, 0) is 9.53 Å². The van der Waals surface area contributed by atoms with E-state index >= 15 is 0 Å². The molecule has 0 aromatic carbocycles. The third-order valence-electron chi connectivity index (χ3n) is 2.31. The van der Waals surface area contributed by atoms with Gasteiger partial charge in [0.15, 0.2) is 0 Å². The Morgan fingerprint density at radius 3 is 2.93 bits per heavy atom. The molecule has 1 saturated heterocycles. The van der Waals surface area contributed by atoms with Gasteiger partial charge in [-0.05, 0) is 19.4 Å². The molecule has 2 amide bonds. The molecule has 0 bridgehead atoms. The topological polar surface area (TPSA) is 93.5 Å². The van der Waals surface area contributed by atoms with Gasteiger partial charge in [-0.2, -0.15) is 0 Å². The third-order valence-corrected chi connectivity index (χ3v) is 2.31. The summed E-state index contributed by atoms with van der Waals surface area (Å²) in [5.41, 5.74) is 4.77. The highest BCUT2D eigenvalue weighted by Gasteiger charge is 2.20. The van der Waals surface area contributed by atoms with E-state index in [0.29, 0.717) is 6.54 Å². The Balaban J connectivity index is 2.09. The SMILES string of the molecule is NC(=O)OCCNC(=O)[C@H]1CCCNC1. The molecule has 0 aromatic heterocycles. The van der Waals surface area contributed by atoms with Crippen molar-refractivity contribution in [1.82, 2.24) is 10.6 Å². The van der Waals surface area contributed by atoms with Crippen LogP contribution in [0.25, 0.3) is 0 Å². The molecule has 1 fully saturated rings. The average Bonchev–Trinajstić information content (AvgIpc) is 2.25. The van der Waals surface area contributed by atoms with Crippen molar-refractivity contribution in [2.24, 2.45) is 11.7 Å². The van der Waals surface area contributed by atoms with Gasteiger partial charge in [0, 0.05) is 6.54 Å². The first-order valence-electron chi connectivity index (χ1n) is 5.11. The van der Waals surface area contributed by atoms with Crippen LogP contribution < -0.4 is 16.4 Å². The fourth-order valence-electron chi connectivity index (χ4n) is 1.55. The van der Waals surface area contributed by atoms with Gasteiger partial charge >= 0.3 is 6.09 Å². The molecule has 1 aliphatic rings. The lowest BCUT2D eigenvalue weighted by Gasteiger charge is -2.21. The molecule has 1 aliphatic heterocycles. The zero-order valence-corrected chi connectivity index (χ0v) is 8.62. The highest BCUT2D eigenvalue weighted by Crippen LogP contribution is 2.09. The van der Waals surface area contributed by atoms with Crippen molar-refractivity contribution < 1.29 is 14.3 Å². The van der Waals surface area contributed by atoms with Gasteiger partial charge in [-0.1, -0.05) is 0 Å². The van der Waals surface area contributed by atoms with E-state index in [1.54, 1.807) is 0 Å². The summed E-state index contributed by atoms with van der Waals surface area (Å²) in [5.74, 6) is 0.0441.